The van der Waals surface area contributed by atoms with Gasteiger partial charge in [0.05, 0.1) is 6.04 Å². The lowest BCUT2D eigenvalue weighted by Gasteiger charge is -2.15. The molecule has 0 saturated carbocycles. The molecule has 0 bridgehead atoms. The molecule has 2 aromatic carbocycles. The molecule has 1 atom stereocenters. The third-order valence-electron chi connectivity index (χ3n) is 4.36. The van der Waals surface area contributed by atoms with Crippen LogP contribution >= 0.6 is 0 Å². The molecule has 2 aromatic rings. The molecule has 170 valence electrons. The summed E-state index contributed by atoms with van der Waals surface area (Å²) in [6, 6.07) is 7.25. The van der Waals surface area contributed by atoms with E-state index in [-0.39, 0.29) is 34.6 Å². The number of phenolic OH excluding ortho intramolecular Hbond substituents is 4. The minimum atomic E-state index is -0.824. The average molecular weight is 441 g/mol. The number of carbonyl (C=O) groups is 2. The molecule has 9 nitrogen and oxygen atoms in total. The largest absolute Gasteiger partial charge is 0.504 e. The van der Waals surface area contributed by atoms with Gasteiger partial charge in [-0.3, -0.25) is 9.59 Å². The second kappa shape index (κ2) is 10.9. The van der Waals surface area contributed by atoms with E-state index in [1.54, 1.807) is 0 Å². The Labute approximate surface area is 185 Å². The van der Waals surface area contributed by atoms with Gasteiger partial charge in [0.2, 0.25) is 5.91 Å². The van der Waals surface area contributed by atoms with Crippen molar-refractivity contribution in [1.82, 2.24) is 10.6 Å². The Morgan fingerprint density at radius 2 is 1.50 bits per heavy atom. The molecule has 0 aliphatic rings. The molecule has 2 amide bonds. The van der Waals surface area contributed by atoms with Crippen LogP contribution in [0.25, 0.3) is 12.2 Å². The standard InChI is InChI=1S/C23H27N3O6/c1-13(2)9-16(24)22(31)26-17(10-15-4-6-19(28)21(30)12-15)23(32)25-8-7-14-3-5-18(27)20(29)11-14/h3-8,10-13,16,27-30H,9,24H2,1-2H3,(H,25,32)(H,26,31)/b8-7+,17-10+. The fourth-order valence-electron chi connectivity index (χ4n) is 2.73. The predicted octanol–water partition coefficient (Wildman–Crippen LogP) is 2.13. The van der Waals surface area contributed by atoms with Gasteiger partial charge in [-0.25, -0.2) is 0 Å². The maximum absolute atomic E-state index is 12.7. The Morgan fingerprint density at radius 3 is 2.06 bits per heavy atom. The van der Waals surface area contributed by atoms with Crippen LogP contribution in [0.3, 0.4) is 0 Å². The summed E-state index contributed by atoms with van der Waals surface area (Å²) in [6.07, 6.45) is 4.53. The van der Waals surface area contributed by atoms with E-state index < -0.39 is 17.9 Å². The zero-order valence-corrected chi connectivity index (χ0v) is 17.7. The van der Waals surface area contributed by atoms with Gasteiger partial charge in [0.15, 0.2) is 23.0 Å². The van der Waals surface area contributed by atoms with E-state index in [1.165, 1.54) is 54.8 Å². The summed E-state index contributed by atoms with van der Waals surface area (Å²) >= 11 is 0. The van der Waals surface area contributed by atoms with Gasteiger partial charge >= 0.3 is 0 Å². The maximum atomic E-state index is 12.7. The van der Waals surface area contributed by atoms with Gasteiger partial charge in [0.25, 0.3) is 5.91 Å². The molecule has 0 fully saturated rings. The Hall–Kier alpha value is -3.98. The van der Waals surface area contributed by atoms with Crippen LogP contribution in [0.1, 0.15) is 31.4 Å². The lowest BCUT2D eigenvalue weighted by molar-refractivity contribution is -0.124. The average Bonchev–Trinajstić information content (AvgIpc) is 2.72. The van der Waals surface area contributed by atoms with Crippen molar-refractivity contribution in [1.29, 1.82) is 0 Å². The molecule has 32 heavy (non-hydrogen) atoms. The van der Waals surface area contributed by atoms with Crippen LogP contribution in [-0.4, -0.2) is 38.3 Å². The highest BCUT2D eigenvalue weighted by atomic mass is 16.3. The first-order chi connectivity index (χ1) is 15.1. The molecule has 0 aliphatic carbocycles. The SMILES string of the molecule is CC(C)CC(N)C(=O)N/C(=C/c1ccc(O)c(O)c1)C(=O)N/C=C/c1ccc(O)c(O)c1. The van der Waals surface area contributed by atoms with Gasteiger partial charge in [-0.1, -0.05) is 26.0 Å². The Bertz CT molecular complexity index is 1050. The third kappa shape index (κ3) is 7.06. The number of rotatable bonds is 8. The first-order valence-electron chi connectivity index (χ1n) is 9.86. The Morgan fingerprint density at radius 1 is 0.938 bits per heavy atom. The predicted molar refractivity (Wildman–Crippen MR) is 120 cm³/mol. The molecular formula is C23H27N3O6. The van der Waals surface area contributed by atoms with Crippen molar-refractivity contribution < 1.29 is 30.0 Å². The summed E-state index contributed by atoms with van der Waals surface area (Å²) in [5.74, 6) is -2.32. The van der Waals surface area contributed by atoms with Crippen LogP contribution in [0.5, 0.6) is 23.0 Å². The summed E-state index contributed by atoms with van der Waals surface area (Å²) in [4.78, 5) is 25.2. The fourth-order valence-corrected chi connectivity index (χ4v) is 2.73. The van der Waals surface area contributed by atoms with Gasteiger partial charge in [-0.2, -0.15) is 0 Å². The molecule has 8 N–H and O–H groups in total. The number of nitrogens with one attached hydrogen (secondary N) is 2. The number of amides is 2. The Kier molecular flexibility index (Phi) is 8.25. The lowest BCUT2D eigenvalue weighted by Crippen LogP contribution is -2.43. The van der Waals surface area contributed by atoms with Crippen molar-refractivity contribution in [2.75, 3.05) is 0 Å². The quantitative estimate of drug-likeness (QED) is 0.243. The smallest absolute Gasteiger partial charge is 0.271 e. The first-order valence-corrected chi connectivity index (χ1v) is 9.86. The number of nitrogens with two attached hydrogens (primary N) is 1. The van der Waals surface area contributed by atoms with Crippen molar-refractivity contribution in [3.63, 3.8) is 0 Å². The zero-order valence-electron chi connectivity index (χ0n) is 17.7. The van der Waals surface area contributed by atoms with Crippen LogP contribution in [0.4, 0.5) is 0 Å². The van der Waals surface area contributed by atoms with Crippen molar-refractivity contribution >= 4 is 24.0 Å². The first kappa shape index (κ1) is 24.3. The molecule has 0 aromatic heterocycles. The van der Waals surface area contributed by atoms with Crippen LogP contribution < -0.4 is 16.4 Å². The van der Waals surface area contributed by atoms with Gasteiger partial charge in [0.1, 0.15) is 5.70 Å². The van der Waals surface area contributed by atoms with Crippen molar-refractivity contribution in [2.45, 2.75) is 26.3 Å². The number of carbonyl (C=O) groups excluding carboxylic acids is 2. The van der Waals surface area contributed by atoms with Crippen LogP contribution in [0.15, 0.2) is 48.3 Å². The second-order valence-electron chi connectivity index (χ2n) is 7.59. The highest BCUT2D eigenvalue weighted by molar-refractivity contribution is 6.02. The van der Waals surface area contributed by atoms with E-state index in [2.05, 4.69) is 10.6 Å². The summed E-state index contributed by atoms with van der Waals surface area (Å²) < 4.78 is 0. The van der Waals surface area contributed by atoms with Crippen molar-refractivity contribution in [3.05, 3.63) is 59.4 Å². The van der Waals surface area contributed by atoms with Gasteiger partial charge in [-0.15, -0.1) is 0 Å². The molecule has 0 radical (unpaired) electrons. The molecule has 0 heterocycles. The number of benzene rings is 2. The second-order valence-corrected chi connectivity index (χ2v) is 7.59. The third-order valence-corrected chi connectivity index (χ3v) is 4.36. The van der Waals surface area contributed by atoms with E-state index in [4.69, 9.17) is 5.73 Å². The van der Waals surface area contributed by atoms with Gasteiger partial charge < -0.3 is 36.8 Å². The van der Waals surface area contributed by atoms with Crippen LogP contribution in [0, 0.1) is 5.92 Å². The summed E-state index contributed by atoms with van der Waals surface area (Å²) in [7, 11) is 0. The molecule has 9 heteroatoms. The molecule has 0 aliphatic heterocycles. The molecule has 1 unspecified atom stereocenters. The monoisotopic (exact) mass is 441 g/mol. The number of hydrogen-bond donors (Lipinski definition) is 7. The minimum Gasteiger partial charge on any atom is -0.504 e. The minimum absolute atomic E-state index is 0.127. The van der Waals surface area contributed by atoms with Crippen LogP contribution in [-0.2, 0) is 9.59 Å². The number of hydrogen-bond acceptors (Lipinski definition) is 7. The van der Waals surface area contributed by atoms with E-state index in [1.807, 2.05) is 13.8 Å². The van der Waals surface area contributed by atoms with E-state index >= 15 is 0 Å². The normalized spacial score (nSPS) is 12.7. The fraction of sp³-hybridized carbons (Fsp3) is 0.217. The van der Waals surface area contributed by atoms with E-state index in [0.717, 1.165) is 0 Å². The maximum Gasteiger partial charge on any atom is 0.271 e. The highest BCUT2D eigenvalue weighted by Gasteiger charge is 2.19. The summed E-state index contributed by atoms with van der Waals surface area (Å²) in [5, 5.41) is 43.1. The zero-order chi connectivity index (χ0) is 23.8. The molecule has 0 saturated heterocycles. The van der Waals surface area contributed by atoms with E-state index in [0.29, 0.717) is 17.5 Å². The summed E-state index contributed by atoms with van der Waals surface area (Å²) in [5.41, 5.74) is 6.65. The van der Waals surface area contributed by atoms with Gasteiger partial charge in [-0.05, 0) is 59.9 Å². The van der Waals surface area contributed by atoms with Crippen LogP contribution in [0.2, 0.25) is 0 Å². The topological polar surface area (TPSA) is 165 Å². The highest BCUT2D eigenvalue weighted by Crippen LogP contribution is 2.26. The molecule has 0 spiro atoms. The Balaban J connectivity index is 2.23. The van der Waals surface area contributed by atoms with Crippen molar-refractivity contribution in [2.24, 2.45) is 11.7 Å². The number of aromatic hydroxyl groups is 4. The molecular weight excluding hydrogens is 414 g/mol. The van der Waals surface area contributed by atoms with Gasteiger partial charge in [0, 0.05) is 6.20 Å². The molecule has 2 rings (SSSR count). The number of phenols is 4. The lowest BCUT2D eigenvalue weighted by atomic mass is 10.0. The summed E-state index contributed by atoms with van der Waals surface area (Å²) in [6.45, 7) is 3.84. The van der Waals surface area contributed by atoms with Crippen molar-refractivity contribution in [3.8, 4) is 23.0 Å². The van der Waals surface area contributed by atoms with E-state index in [9.17, 15) is 30.0 Å².